The standard InChI is InChI=1S/C15H11Cl2FOS/c16-13-4-1-12(2-5-13)10-20(19)8-7-11-3-6-15(18)14(17)9-11/h1-9H,10H2. The predicted molar refractivity (Wildman–Crippen MR) is 83.7 cm³/mol. The summed E-state index contributed by atoms with van der Waals surface area (Å²) in [5.74, 6) is -0.0612. The second kappa shape index (κ2) is 7.14. The number of halogens is 3. The van der Waals surface area contributed by atoms with Gasteiger partial charge in [0.25, 0.3) is 0 Å². The minimum Gasteiger partial charge on any atom is -0.612 e. The summed E-state index contributed by atoms with van der Waals surface area (Å²) >= 11 is 10.3. The van der Waals surface area contributed by atoms with E-state index >= 15 is 0 Å². The molecule has 0 radical (unpaired) electrons. The van der Waals surface area contributed by atoms with Crippen LogP contribution in [0, 0.1) is 5.82 Å². The van der Waals surface area contributed by atoms with E-state index in [-0.39, 0.29) is 5.02 Å². The van der Waals surface area contributed by atoms with Gasteiger partial charge in [-0.1, -0.05) is 41.4 Å². The van der Waals surface area contributed by atoms with Crippen molar-refractivity contribution in [3.05, 3.63) is 74.9 Å². The molecule has 0 fully saturated rings. The Morgan fingerprint density at radius 1 is 1.10 bits per heavy atom. The van der Waals surface area contributed by atoms with E-state index in [1.165, 1.54) is 12.1 Å². The molecule has 1 atom stereocenters. The Morgan fingerprint density at radius 3 is 2.45 bits per heavy atom. The van der Waals surface area contributed by atoms with Gasteiger partial charge in [-0.15, -0.1) is 0 Å². The van der Waals surface area contributed by atoms with Crippen molar-refractivity contribution < 1.29 is 8.94 Å². The molecule has 0 saturated carbocycles. The average Bonchev–Trinajstić information content (AvgIpc) is 2.43. The molecule has 2 aromatic rings. The van der Waals surface area contributed by atoms with E-state index in [0.717, 1.165) is 5.56 Å². The molecule has 0 aliphatic carbocycles. The lowest BCUT2D eigenvalue weighted by atomic mass is 10.2. The number of hydrogen-bond acceptors (Lipinski definition) is 1. The van der Waals surface area contributed by atoms with Gasteiger partial charge in [-0.05, 0) is 47.1 Å². The van der Waals surface area contributed by atoms with Crippen LogP contribution in [0.1, 0.15) is 11.1 Å². The molecule has 2 rings (SSSR count). The number of rotatable bonds is 4. The van der Waals surface area contributed by atoms with Crippen LogP contribution < -0.4 is 0 Å². The molecule has 1 unspecified atom stereocenters. The maximum absolute atomic E-state index is 13.0. The molecule has 20 heavy (non-hydrogen) atoms. The largest absolute Gasteiger partial charge is 0.612 e. The normalized spacial score (nSPS) is 12.8. The van der Waals surface area contributed by atoms with E-state index in [1.54, 1.807) is 29.7 Å². The Morgan fingerprint density at radius 2 is 1.80 bits per heavy atom. The molecule has 0 amide bonds. The maximum Gasteiger partial charge on any atom is 0.141 e. The maximum atomic E-state index is 13.0. The summed E-state index contributed by atoms with van der Waals surface area (Å²) in [7, 11) is 0. The molecular weight excluding hydrogens is 318 g/mol. The van der Waals surface area contributed by atoms with Gasteiger partial charge in [-0.2, -0.15) is 0 Å². The van der Waals surface area contributed by atoms with Crippen molar-refractivity contribution in [2.75, 3.05) is 0 Å². The van der Waals surface area contributed by atoms with E-state index in [0.29, 0.717) is 16.3 Å². The smallest absolute Gasteiger partial charge is 0.141 e. The fraction of sp³-hybridized carbons (Fsp3) is 0.0667. The Hall–Kier alpha value is -1.00. The fourth-order valence-electron chi connectivity index (χ4n) is 1.56. The lowest BCUT2D eigenvalue weighted by Crippen LogP contribution is -1.99. The molecule has 1 nitrogen and oxygen atoms in total. The minimum atomic E-state index is -1.15. The second-order valence-electron chi connectivity index (χ2n) is 4.13. The molecule has 104 valence electrons. The summed E-state index contributed by atoms with van der Waals surface area (Å²) in [5, 5.41) is 2.27. The first-order valence-electron chi connectivity index (χ1n) is 5.79. The Kier molecular flexibility index (Phi) is 5.49. The molecule has 0 bridgehead atoms. The van der Waals surface area contributed by atoms with Crippen molar-refractivity contribution in [2.24, 2.45) is 0 Å². The third kappa shape index (κ3) is 4.53. The molecule has 0 heterocycles. The van der Waals surface area contributed by atoms with E-state index in [1.807, 2.05) is 12.1 Å². The first kappa shape index (κ1) is 15.4. The zero-order valence-electron chi connectivity index (χ0n) is 10.4. The van der Waals surface area contributed by atoms with E-state index in [4.69, 9.17) is 23.2 Å². The summed E-state index contributed by atoms with van der Waals surface area (Å²) < 4.78 is 24.9. The van der Waals surface area contributed by atoms with Crippen LogP contribution in [0.3, 0.4) is 0 Å². The highest BCUT2D eigenvalue weighted by Gasteiger charge is 2.05. The van der Waals surface area contributed by atoms with Crippen LogP contribution in [0.15, 0.2) is 47.9 Å². The summed E-state index contributed by atoms with van der Waals surface area (Å²) in [4.78, 5) is 0. The first-order chi connectivity index (χ1) is 9.54. The molecular formula is C15H11Cl2FOS. The zero-order valence-corrected chi connectivity index (χ0v) is 12.7. The minimum absolute atomic E-state index is 0.0515. The molecule has 0 N–H and O–H groups in total. The van der Waals surface area contributed by atoms with Crippen LogP contribution in [-0.4, -0.2) is 4.55 Å². The van der Waals surface area contributed by atoms with Gasteiger partial charge in [-0.3, -0.25) is 0 Å². The third-order valence-corrected chi connectivity index (χ3v) is 4.18. The second-order valence-corrected chi connectivity index (χ2v) is 6.29. The molecule has 0 saturated heterocycles. The van der Waals surface area contributed by atoms with Gasteiger partial charge in [-0.25, -0.2) is 4.39 Å². The summed E-state index contributed by atoms with van der Waals surface area (Å²) in [6.07, 6.45) is 1.66. The molecule has 0 aliphatic heterocycles. The SMILES string of the molecule is [O-][S+](C=Cc1ccc(F)c(Cl)c1)Cc1ccc(Cl)cc1. The quantitative estimate of drug-likeness (QED) is 0.720. The Labute approximate surface area is 130 Å². The van der Waals surface area contributed by atoms with Crippen molar-refractivity contribution in [3.63, 3.8) is 0 Å². The average molecular weight is 329 g/mol. The summed E-state index contributed by atoms with van der Waals surface area (Å²) in [5.41, 5.74) is 1.65. The van der Waals surface area contributed by atoms with Crippen molar-refractivity contribution in [1.82, 2.24) is 0 Å². The van der Waals surface area contributed by atoms with Crippen LogP contribution in [-0.2, 0) is 16.9 Å². The topological polar surface area (TPSA) is 23.1 Å². The van der Waals surface area contributed by atoms with Gasteiger partial charge >= 0.3 is 0 Å². The van der Waals surface area contributed by atoms with Crippen molar-refractivity contribution >= 4 is 40.5 Å². The lowest BCUT2D eigenvalue weighted by Gasteiger charge is -2.06. The lowest BCUT2D eigenvalue weighted by molar-refractivity contribution is 0.603. The van der Waals surface area contributed by atoms with E-state index in [9.17, 15) is 8.94 Å². The zero-order chi connectivity index (χ0) is 14.5. The molecule has 5 heteroatoms. The molecule has 2 aromatic carbocycles. The van der Waals surface area contributed by atoms with Gasteiger partial charge in [0.1, 0.15) is 17.0 Å². The highest BCUT2D eigenvalue weighted by molar-refractivity contribution is 7.93. The van der Waals surface area contributed by atoms with Gasteiger partial charge in [0.15, 0.2) is 0 Å². The highest BCUT2D eigenvalue weighted by Crippen LogP contribution is 2.18. The van der Waals surface area contributed by atoms with Crippen molar-refractivity contribution in [3.8, 4) is 0 Å². The van der Waals surface area contributed by atoms with Crippen LogP contribution >= 0.6 is 23.2 Å². The van der Waals surface area contributed by atoms with Crippen molar-refractivity contribution in [1.29, 1.82) is 0 Å². The molecule has 0 aliphatic rings. The number of benzene rings is 2. The number of hydrogen-bond donors (Lipinski definition) is 0. The predicted octanol–water partition coefficient (Wildman–Crippen LogP) is 5.05. The Balaban J connectivity index is 1.99. The first-order valence-corrected chi connectivity index (χ1v) is 7.93. The van der Waals surface area contributed by atoms with E-state index in [2.05, 4.69) is 0 Å². The van der Waals surface area contributed by atoms with Gasteiger partial charge in [0.05, 0.1) is 5.02 Å². The van der Waals surface area contributed by atoms with Gasteiger partial charge in [0.2, 0.25) is 0 Å². The van der Waals surface area contributed by atoms with Crippen LogP contribution in [0.2, 0.25) is 10.0 Å². The van der Waals surface area contributed by atoms with Crippen LogP contribution in [0.5, 0.6) is 0 Å². The third-order valence-electron chi connectivity index (χ3n) is 2.58. The van der Waals surface area contributed by atoms with E-state index < -0.39 is 17.0 Å². The van der Waals surface area contributed by atoms with Gasteiger partial charge in [0, 0.05) is 10.6 Å². The molecule has 0 aromatic heterocycles. The summed E-state index contributed by atoms with van der Waals surface area (Å²) in [6, 6.07) is 11.6. The Bertz CT molecular complexity index is 614. The highest BCUT2D eigenvalue weighted by atomic mass is 35.5. The molecule has 0 spiro atoms. The monoisotopic (exact) mass is 328 g/mol. The van der Waals surface area contributed by atoms with Crippen LogP contribution in [0.25, 0.3) is 6.08 Å². The van der Waals surface area contributed by atoms with Crippen LogP contribution in [0.4, 0.5) is 4.39 Å². The van der Waals surface area contributed by atoms with Crippen molar-refractivity contribution in [2.45, 2.75) is 5.75 Å². The van der Waals surface area contributed by atoms with Gasteiger partial charge < -0.3 is 4.55 Å². The fourth-order valence-corrected chi connectivity index (χ4v) is 2.80. The summed E-state index contributed by atoms with van der Waals surface area (Å²) in [6.45, 7) is 0.